The Balaban J connectivity index is 2.21. The second-order valence-corrected chi connectivity index (χ2v) is 7.97. The number of likely N-dealkylation sites (N-methyl/N-ethyl adjacent to an activating group) is 1. The van der Waals surface area contributed by atoms with Gasteiger partial charge >= 0.3 is 7.60 Å². The minimum absolute atomic E-state index is 0.285. The Hall–Kier alpha value is -1.58. The number of anilines is 1. The lowest BCUT2D eigenvalue weighted by atomic mass is 10.3. The van der Waals surface area contributed by atoms with E-state index in [1.807, 2.05) is 21.1 Å². The molecule has 0 saturated heterocycles. The van der Waals surface area contributed by atoms with Gasteiger partial charge in [0, 0.05) is 0 Å². The highest BCUT2D eigenvalue weighted by molar-refractivity contribution is 7.51. The predicted octanol–water partition coefficient (Wildman–Crippen LogP) is -0.365. The first kappa shape index (κ1) is 17.8. The summed E-state index contributed by atoms with van der Waals surface area (Å²) in [5.41, 5.74) is 6.80. The van der Waals surface area contributed by atoms with E-state index >= 15 is 0 Å². The van der Waals surface area contributed by atoms with Gasteiger partial charge in [-0.05, 0) is 0 Å². The van der Waals surface area contributed by atoms with Crippen LogP contribution in [0.3, 0.4) is 0 Å². The fraction of sp³-hybridized carbons (Fsp3) is 0.583. The van der Waals surface area contributed by atoms with Crippen LogP contribution in [-0.2, 0) is 15.8 Å². The van der Waals surface area contributed by atoms with Crippen LogP contribution in [0.25, 0.3) is 11.2 Å². The number of hydrogen-bond acceptors (Lipinski definition) is 6. The topological polar surface area (TPSA) is 136 Å². The van der Waals surface area contributed by atoms with Gasteiger partial charge in [-0.1, -0.05) is 0 Å². The van der Waals surface area contributed by atoms with Crippen LogP contribution < -0.4 is 5.73 Å². The molecule has 2 aromatic rings. The van der Waals surface area contributed by atoms with Crippen molar-refractivity contribution in [2.24, 2.45) is 0 Å². The molecule has 0 spiro atoms. The van der Waals surface area contributed by atoms with Crippen LogP contribution in [0, 0.1) is 0 Å². The zero-order valence-electron chi connectivity index (χ0n) is 13.3. The Morgan fingerprint density at radius 1 is 1.35 bits per heavy atom. The standard InChI is InChI=1S/C12H21N6O4P/c1-18(2,3)5-9(22-8-23(19,20)21)4-17-7-16-10-11(13)14-6-15-12(10)17/h6-7,9H,4-5,8H2,1-3H3,(H3-,13,14,15,19,20,21)/p+1. The zero-order valence-corrected chi connectivity index (χ0v) is 14.2. The van der Waals surface area contributed by atoms with Crippen LogP contribution in [0.4, 0.5) is 5.82 Å². The van der Waals surface area contributed by atoms with Crippen molar-refractivity contribution in [3.8, 4) is 0 Å². The fourth-order valence-corrected chi connectivity index (χ4v) is 2.63. The number of fused-ring (bicyclic) bond motifs is 1. The van der Waals surface area contributed by atoms with Gasteiger partial charge in [0.05, 0.1) is 34.0 Å². The maximum Gasteiger partial charge on any atom is 0.350 e. The van der Waals surface area contributed by atoms with Gasteiger partial charge in [0.15, 0.2) is 11.5 Å². The van der Waals surface area contributed by atoms with E-state index in [1.165, 1.54) is 6.33 Å². The maximum atomic E-state index is 11.1. The number of hydrogen-bond donors (Lipinski definition) is 3. The van der Waals surface area contributed by atoms with Gasteiger partial charge in [-0.3, -0.25) is 4.57 Å². The summed E-state index contributed by atoms with van der Waals surface area (Å²) in [7, 11) is 1.69. The third-order valence-corrected chi connectivity index (χ3v) is 3.55. The molecular weight excluding hydrogens is 323 g/mol. The van der Waals surface area contributed by atoms with Crippen LogP contribution in [0.1, 0.15) is 0 Å². The summed E-state index contributed by atoms with van der Waals surface area (Å²) in [6.45, 7) is 0.905. The van der Waals surface area contributed by atoms with Crippen LogP contribution >= 0.6 is 7.60 Å². The molecule has 0 aliphatic carbocycles. The molecule has 0 amide bonds. The highest BCUT2D eigenvalue weighted by Crippen LogP contribution is 2.34. The van der Waals surface area contributed by atoms with Gasteiger partial charge in [-0.25, -0.2) is 15.0 Å². The van der Waals surface area contributed by atoms with Gasteiger partial charge in [-0.15, -0.1) is 0 Å². The highest BCUT2D eigenvalue weighted by Gasteiger charge is 2.24. The van der Waals surface area contributed by atoms with Gasteiger partial charge in [-0.2, -0.15) is 0 Å². The average Bonchev–Trinajstić information content (AvgIpc) is 2.78. The molecule has 2 aromatic heterocycles. The predicted molar refractivity (Wildman–Crippen MR) is 84.4 cm³/mol. The van der Waals surface area contributed by atoms with E-state index in [0.717, 1.165) is 0 Å². The van der Waals surface area contributed by atoms with Crippen LogP contribution in [0.5, 0.6) is 0 Å². The zero-order chi connectivity index (χ0) is 17.3. The first-order chi connectivity index (χ1) is 10.6. The van der Waals surface area contributed by atoms with Crippen LogP contribution in [0.2, 0.25) is 0 Å². The van der Waals surface area contributed by atoms with Gasteiger partial charge in [0.1, 0.15) is 30.8 Å². The van der Waals surface area contributed by atoms with E-state index in [2.05, 4.69) is 15.0 Å². The fourth-order valence-electron chi connectivity index (χ4n) is 2.23. The summed E-state index contributed by atoms with van der Waals surface area (Å²) in [5.74, 6) is 0.285. The molecule has 11 heteroatoms. The molecule has 0 fully saturated rings. The Kier molecular flexibility index (Phi) is 5.02. The monoisotopic (exact) mass is 345 g/mol. The first-order valence-electron chi connectivity index (χ1n) is 6.93. The summed E-state index contributed by atoms with van der Waals surface area (Å²) in [5, 5.41) is 0. The molecule has 0 bridgehead atoms. The van der Waals surface area contributed by atoms with E-state index in [-0.39, 0.29) is 5.82 Å². The quantitative estimate of drug-likeness (QED) is 0.457. The van der Waals surface area contributed by atoms with Crippen molar-refractivity contribution in [1.82, 2.24) is 19.5 Å². The van der Waals surface area contributed by atoms with E-state index in [0.29, 0.717) is 28.7 Å². The molecule has 0 radical (unpaired) electrons. The summed E-state index contributed by atoms with van der Waals surface area (Å²) in [6.07, 6.45) is 1.87. The molecule has 0 aromatic carbocycles. The lowest BCUT2D eigenvalue weighted by molar-refractivity contribution is -0.873. The highest BCUT2D eigenvalue weighted by atomic mass is 31.2. The largest absolute Gasteiger partial charge is 0.382 e. The molecule has 0 saturated carbocycles. The van der Waals surface area contributed by atoms with Crippen molar-refractivity contribution >= 4 is 24.6 Å². The Morgan fingerprint density at radius 3 is 2.65 bits per heavy atom. The average molecular weight is 345 g/mol. The number of aromatic nitrogens is 4. The molecule has 128 valence electrons. The molecule has 2 heterocycles. The number of ether oxygens (including phenoxy) is 1. The normalized spacial score (nSPS) is 14.3. The lowest BCUT2D eigenvalue weighted by Crippen LogP contribution is -2.44. The van der Waals surface area contributed by atoms with Gasteiger partial charge in [0.25, 0.3) is 0 Å². The molecule has 1 unspecified atom stereocenters. The van der Waals surface area contributed by atoms with Crippen molar-refractivity contribution in [1.29, 1.82) is 0 Å². The van der Waals surface area contributed by atoms with Crippen LogP contribution in [0.15, 0.2) is 12.7 Å². The molecular formula is C12H22N6O4P+. The number of nitrogen functional groups attached to an aromatic ring is 1. The van der Waals surface area contributed by atoms with Gasteiger partial charge in [0.2, 0.25) is 0 Å². The minimum Gasteiger partial charge on any atom is -0.382 e. The van der Waals surface area contributed by atoms with E-state index < -0.39 is 20.0 Å². The summed E-state index contributed by atoms with van der Waals surface area (Å²) >= 11 is 0. The summed E-state index contributed by atoms with van der Waals surface area (Å²) < 4.78 is 18.8. The molecule has 0 aliphatic rings. The summed E-state index contributed by atoms with van der Waals surface area (Å²) in [6, 6.07) is 0. The maximum absolute atomic E-state index is 11.1. The summed E-state index contributed by atoms with van der Waals surface area (Å²) in [4.78, 5) is 30.3. The Bertz CT molecular complexity index is 722. The molecule has 4 N–H and O–H groups in total. The molecule has 2 rings (SSSR count). The van der Waals surface area contributed by atoms with Crippen molar-refractivity contribution in [2.75, 3.05) is 39.8 Å². The Labute approximate surface area is 133 Å². The third-order valence-electron chi connectivity index (χ3n) is 3.06. The number of nitrogens with zero attached hydrogens (tertiary/aromatic N) is 5. The van der Waals surface area contributed by atoms with E-state index in [4.69, 9.17) is 20.3 Å². The van der Waals surface area contributed by atoms with Crippen molar-refractivity contribution in [3.63, 3.8) is 0 Å². The third kappa shape index (κ3) is 5.22. The van der Waals surface area contributed by atoms with E-state index in [9.17, 15) is 4.57 Å². The molecule has 10 nitrogen and oxygen atoms in total. The van der Waals surface area contributed by atoms with Crippen molar-refractivity contribution < 1.29 is 23.6 Å². The minimum atomic E-state index is -4.23. The number of imidazole rings is 1. The lowest BCUT2D eigenvalue weighted by Gasteiger charge is -2.29. The second-order valence-electron chi connectivity index (χ2n) is 6.38. The van der Waals surface area contributed by atoms with Crippen molar-refractivity contribution in [3.05, 3.63) is 12.7 Å². The van der Waals surface area contributed by atoms with Crippen molar-refractivity contribution in [2.45, 2.75) is 12.6 Å². The smallest absolute Gasteiger partial charge is 0.350 e. The molecule has 23 heavy (non-hydrogen) atoms. The Morgan fingerprint density at radius 2 is 2.04 bits per heavy atom. The number of rotatable bonds is 7. The first-order valence-corrected chi connectivity index (χ1v) is 8.73. The molecule has 0 aliphatic heterocycles. The SMILES string of the molecule is C[N+](C)(C)CC(Cn1cnc2c(N)ncnc21)OCP(=O)(O)O. The second kappa shape index (κ2) is 6.50. The van der Waals surface area contributed by atoms with Gasteiger partial charge < -0.3 is 29.3 Å². The van der Waals surface area contributed by atoms with E-state index in [1.54, 1.807) is 10.9 Å². The molecule has 1 atom stereocenters. The van der Waals surface area contributed by atoms with Crippen LogP contribution in [-0.4, -0.2) is 73.9 Å². The number of quaternary nitrogens is 1. The number of nitrogens with two attached hydrogens (primary N) is 1.